The number of nitrogens with one attached hydrogen (secondary N) is 1. The second-order valence-corrected chi connectivity index (χ2v) is 9.15. The number of sulfonamides is 1. The molecular weight excluding hydrogens is 368 g/mol. The van der Waals surface area contributed by atoms with Gasteiger partial charge in [0.25, 0.3) is 0 Å². The van der Waals surface area contributed by atoms with Gasteiger partial charge in [-0.2, -0.15) is 0 Å². The molecule has 1 N–H and O–H groups in total. The molecule has 138 valence electrons. The number of fused-ring (bicyclic) bond motifs is 1. The first-order valence-electron chi connectivity index (χ1n) is 8.46. The fourth-order valence-electron chi connectivity index (χ4n) is 3.10. The predicted octanol–water partition coefficient (Wildman–Crippen LogP) is 3.74. The minimum absolute atomic E-state index is 0.0752. The molecule has 0 unspecified atom stereocenters. The smallest absolute Gasteiger partial charge is 0.299 e. The Balaban J connectivity index is 1.96. The van der Waals surface area contributed by atoms with Crippen LogP contribution >= 0.6 is 11.3 Å². The van der Waals surface area contributed by atoms with Crippen LogP contribution in [0.15, 0.2) is 46.1 Å². The van der Waals surface area contributed by atoms with Gasteiger partial charge in [-0.05, 0) is 57.0 Å². The molecule has 0 amide bonds. The number of hydrogen-bond acceptors (Lipinski definition) is 4. The number of aromatic nitrogens is 1. The highest BCUT2D eigenvalue weighted by atomic mass is 32.2. The second-order valence-electron chi connectivity index (χ2n) is 6.44. The summed E-state index contributed by atoms with van der Waals surface area (Å²) in [6, 6.07) is 10.5. The van der Waals surface area contributed by atoms with E-state index in [1.54, 1.807) is 22.8 Å². The molecular formula is C19H22N2O3S2. The van der Waals surface area contributed by atoms with E-state index >= 15 is 0 Å². The lowest BCUT2D eigenvalue weighted by atomic mass is 10.0. The summed E-state index contributed by atoms with van der Waals surface area (Å²) >= 11 is 1.07. The van der Waals surface area contributed by atoms with E-state index in [2.05, 4.69) is 4.72 Å². The van der Waals surface area contributed by atoms with Crippen molar-refractivity contribution in [1.82, 2.24) is 9.29 Å². The summed E-state index contributed by atoms with van der Waals surface area (Å²) < 4.78 is 30.7. The van der Waals surface area contributed by atoms with Crippen molar-refractivity contribution in [3.63, 3.8) is 0 Å². The maximum Gasteiger partial charge on any atom is 0.308 e. The van der Waals surface area contributed by atoms with Crippen LogP contribution in [-0.2, 0) is 16.6 Å². The van der Waals surface area contributed by atoms with Crippen LogP contribution in [0.1, 0.15) is 36.6 Å². The normalized spacial score (nSPS) is 13.2. The number of thiazole rings is 1. The molecule has 26 heavy (non-hydrogen) atoms. The highest BCUT2D eigenvalue weighted by Gasteiger charge is 2.21. The van der Waals surface area contributed by atoms with E-state index in [0.29, 0.717) is 11.2 Å². The van der Waals surface area contributed by atoms with Crippen LogP contribution in [0.2, 0.25) is 0 Å². The summed E-state index contributed by atoms with van der Waals surface area (Å²) in [5.74, 6) is 0. The van der Waals surface area contributed by atoms with Crippen molar-refractivity contribution in [2.24, 2.45) is 0 Å². The first kappa shape index (κ1) is 18.8. The van der Waals surface area contributed by atoms with Gasteiger partial charge in [-0.15, -0.1) is 0 Å². The molecule has 7 heteroatoms. The molecule has 0 aliphatic carbocycles. The lowest BCUT2D eigenvalue weighted by Crippen LogP contribution is -2.27. The maximum absolute atomic E-state index is 12.8. The van der Waals surface area contributed by atoms with Crippen molar-refractivity contribution in [2.75, 3.05) is 0 Å². The van der Waals surface area contributed by atoms with Crippen LogP contribution in [0.3, 0.4) is 0 Å². The van der Waals surface area contributed by atoms with E-state index in [1.165, 1.54) is 0 Å². The Bertz CT molecular complexity index is 1130. The van der Waals surface area contributed by atoms with Crippen molar-refractivity contribution in [3.05, 3.63) is 62.8 Å². The minimum Gasteiger partial charge on any atom is -0.299 e. The Morgan fingerprint density at radius 3 is 2.58 bits per heavy atom. The van der Waals surface area contributed by atoms with Crippen LogP contribution in [0.25, 0.3) is 10.2 Å². The molecule has 0 bridgehead atoms. The van der Waals surface area contributed by atoms with Gasteiger partial charge in [-0.3, -0.25) is 9.36 Å². The fourth-order valence-corrected chi connectivity index (χ4v) is 5.42. The number of nitrogens with zero attached hydrogens (tertiary/aromatic N) is 1. The maximum atomic E-state index is 12.8. The number of rotatable bonds is 5. The Hall–Kier alpha value is -1.96. The predicted molar refractivity (Wildman–Crippen MR) is 106 cm³/mol. The Morgan fingerprint density at radius 2 is 1.88 bits per heavy atom. The molecule has 0 saturated heterocycles. The van der Waals surface area contributed by atoms with Crippen molar-refractivity contribution in [3.8, 4) is 0 Å². The van der Waals surface area contributed by atoms with E-state index in [0.717, 1.165) is 33.5 Å². The summed E-state index contributed by atoms with van der Waals surface area (Å²) in [7, 11) is -3.69. The van der Waals surface area contributed by atoms with Gasteiger partial charge in [0.2, 0.25) is 10.0 Å². The molecule has 0 radical (unpaired) electrons. The van der Waals surface area contributed by atoms with Crippen LogP contribution < -0.4 is 9.60 Å². The number of hydrogen-bond donors (Lipinski definition) is 1. The Kier molecular flexibility index (Phi) is 5.05. The minimum atomic E-state index is -3.69. The van der Waals surface area contributed by atoms with Crippen LogP contribution in [0.4, 0.5) is 0 Å². The lowest BCUT2D eigenvalue weighted by molar-refractivity contribution is 0.566. The highest BCUT2D eigenvalue weighted by Crippen LogP contribution is 2.24. The quantitative estimate of drug-likeness (QED) is 0.722. The average Bonchev–Trinajstić information content (AvgIpc) is 2.90. The van der Waals surface area contributed by atoms with E-state index in [4.69, 9.17) is 0 Å². The van der Waals surface area contributed by atoms with Crippen molar-refractivity contribution < 1.29 is 8.42 Å². The second kappa shape index (κ2) is 6.98. The molecule has 1 heterocycles. The monoisotopic (exact) mass is 390 g/mol. The van der Waals surface area contributed by atoms with Gasteiger partial charge in [0.05, 0.1) is 15.1 Å². The van der Waals surface area contributed by atoms with Crippen molar-refractivity contribution >= 4 is 31.6 Å². The standard InChI is InChI=1S/C19H22N2O3S2/c1-5-21-17-9-8-15(11-18(17)25-19(21)22)26(23,24)20-14(4)16-10-12(2)6-7-13(16)3/h6-11,14,20H,5H2,1-4H3/t14-/m0/s1. The summed E-state index contributed by atoms with van der Waals surface area (Å²) in [5.41, 5.74) is 3.85. The number of aryl methyl sites for hydroxylation is 3. The zero-order valence-corrected chi connectivity index (χ0v) is 16.9. The number of benzene rings is 2. The zero-order chi connectivity index (χ0) is 19.1. The third-order valence-electron chi connectivity index (χ3n) is 4.50. The first-order valence-corrected chi connectivity index (χ1v) is 10.8. The van der Waals surface area contributed by atoms with Gasteiger partial charge in [0.15, 0.2) is 0 Å². The van der Waals surface area contributed by atoms with Crippen LogP contribution in [0, 0.1) is 13.8 Å². The van der Waals surface area contributed by atoms with Crippen molar-refractivity contribution in [2.45, 2.75) is 45.2 Å². The first-order chi connectivity index (χ1) is 12.2. The van der Waals surface area contributed by atoms with Gasteiger partial charge in [-0.25, -0.2) is 13.1 Å². The zero-order valence-electron chi connectivity index (χ0n) is 15.2. The van der Waals surface area contributed by atoms with E-state index in [9.17, 15) is 13.2 Å². The molecule has 0 spiro atoms. The van der Waals surface area contributed by atoms with E-state index < -0.39 is 10.0 Å². The molecule has 3 rings (SSSR count). The third-order valence-corrected chi connectivity index (χ3v) is 6.98. The molecule has 1 aromatic heterocycles. The fraction of sp³-hybridized carbons (Fsp3) is 0.316. The largest absolute Gasteiger partial charge is 0.308 e. The molecule has 0 aliphatic rings. The highest BCUT2D eigenvalue weighted by molar-refractivity contribution is 7.89. The Labute approximate surface area is 157 Å². The summed E-state index contributed by atoms with van der Waals surface area (Å²) in [6.07, 6.45) is 0. The van der Waals surface area contributed by atoms with Gasteiger partial charge in [0, 0.05) is 12.6 Å². The van der Waals surface area contributed by atoms with E-state index in [1.807, 2.05) is 45.9 Å². The summed E-state index contributed by atoms with van der Waals surface area (Å²) in [5, 5.41) is 0. The molecule has 0 fully saturated rings. The van der Waals surface area contributed by atoms with Gasteiger partial charge < -0.3 is 0 Å². The molecule has 2 aromatic carbocycles. The van der Waals surface area contributed by atoms with E-state index in [-0.39, 0.29) is 15.8 Å². The summed E-state index contributed by atoms with van der Waals surface area (Å²) in [6.45, 7) is 8.25. The lowest BCUT2D eigenvalue weighted by Gasteiger charge is -2.17. The van der Waals surface area contributed by atoms with Gasteiger partial charge in [0.1, 0.15) is 0 Å². The molecule has 0 aliphatic heterocycles. The average molecular weight is 391 g/mol. The van der Waals surface area contributed by atoms with Gasteiger partial charge >= 0.3 is 4.87 Å². The Morgan fingerprint density at radius 1 is 1.15 bits per heavy atom. The van der Waals surface area contributed by atoms with Crippen LogP contribution in [0.5, 0.6) is 0 Å². The van der Waals surface area contributed by atoms with Crippen molar-refractivity contribution in [1.29, 1.82) is 0 Å². The molecule has 3 aromatic rings. The molecule has 0 saturated carbocycles. The SMILES string of the molecule is CCn1c(=O)sc2cc(S(=O)(=O)N[C@@H](C)c3cc(C)ccc3C)ccc21. The molecule has 1 atom stereocenters. The molecule has 5 nitrogen and oxygen atoms in total. The third kappa shape index (κ3) is 3.47. The summed E-state index contributed by atoms with van der Waals surface area (Å²) in [4.78, 5) is 12.1. The van der Waals surface area contributed by atoms with Crippen LogP contribution in [-0.4, -0.2) is 13.0 Å². The topological polar surface area (TPSA) is 68.2 Å². The van der Waals surface area contributed by atoms with Gasteiger partial charge in [-0.1, -0.05) is 35.1 Å².